The molecule has 2 amide bonds. The van der Waals surface area contributed by atoms with Gasteiger partial charge < -0.3 is 18.8 Å². The Hall–Kier alpha value is -5.14. The monoisotopic (exact) mass is 609 g/mol. The van der Waals surface area contributed by atoms with Gasteiger partial charge in [-0.1, -0.05) is 22.7 Å². The summed E-state index contributed by atoms with van der Waals surface area (Å²) < 4.78 is 23.4. The molecule has 0 saturated carbocycles. The van der Waals surface area contributed by atoms with Crippen LogP contribution in [0, 0.1) is 0 Å². The highest BCUT2D eigenvalue weighted by Gasteiger charge is 2.13. The normalized spacial score (nSPS) is 10.7. The second kappa shape index (κ2) is 12.4. The number of rotatable bonds is 10. The lowest BCUT2D eigenvalue weighted by Crippen LogP contribution is -2.13. The topological polar surface area (TPSA) is 121 Å². The summed E-state index contributed by atoms with van der Waals surface area (Å²) in [4.78, 5) is 34.3. The van der Waals surface area contributed by atoms with Crippen LogP contribution in [0.15, 0.2) is 84.9 Å². The van der Waals surface area contributed by atoms with Crippen molar-refractivity contribution in [2.75, 3.05) is 24.9 Å². The van der Waals surface area contributed by atoms with Crippen molar-refractivity contribution in [3.05, 3.63) is 96.1 Å². The Kier molecular flexibility index (Phi) is 8.07. The second-order valence-corrected chi connectivity index (χ2v) is 11.1. The van der Waals surface area contributed by atoms with E-state index in [1.807, 2.05) is 36.4 Å². The number of ether oxygens (including phenoxy) is 2. The largest absolute Gasteiger partial charge is 0.658 e. The van der Waals surface area contributed by atoms with Crippen molar-refractivity contribution < 1.29 is 28.4 Å². The lowest BCUT2D eigenvalue weighted by molar-refractivity contribution is 0.101. The number of hydrogen-bond acceptors (Lipinski definition) is 10. The molecule has 10 nitrogen and oxygen atoms in total. The predicted molar refractivity (Wildman–Crippen MR) is 168 cm³/mol. The zero-order valence-corrected chi connectivity index (χ0v) is 24.5. The summed E-state index contributed by atoms with van der Waals surface area (Å²) in [6.45, 7) is 0. The Balaban J connectivity index is 0.982. The number of methoxy groups -OCH3 is 2. The first-order valence-electron chi connectivity index (χ1n) is 12.8. The van der Waals surface area contributed by atoms with E-state index in [0.717, 1.165) is 31.9 Å². The number of amides is 2. The summed E-state index contributed by atoms with van der Waals surface area (Å²) in [7, 11) is 4.38. The molecule has 6 aromatic rings. The number of aromatic nitrogens is 2. The Morgan fingerprint density at radius 1 is 0.605 bits per heavy atom. The molecular formula is C30H22BN4O6S2. The lowest BCUT2D eigenvalue weighted by Gasteiger charge is -2.08. The predicted octanol–water partition coefficient (Wildman–Crippen LogP) is 6.42. The van der Waals surface area contributed by atoms with Gasteiger partial charge >= 0.3 is 7.69 Å². The Morgan fingerprint density at radius 2 is 1.00 bits per heavy atom. The van der Waals surface area contributed by atoms with Crippen molar-refractivity contribution in [3.8, 4) is 23.0 Å². The number of fused-ring (bicyclic) bond motifs is 2. The third-order valence-electron chi connectivity index (χ3n) is 6.23. The smallest absolute Gasteiger partial charge is 0.526 e. The van der Waals surface area contributed by atoms with Gasteiger partial charge in [-0.3, -0.25) is 20.2 Å². The summed E-state index contributed by atoms with van der Waals surface area (Å²) in [6, 6.07) is 24.3. The van der Waals surface area contributed by atoms with Gasteiger partial charge in [0, 0.05) is 11.1 Å². The van der Waals surface area contributed by atoms with Crippen molar-refractivity contribution in [1.82, 2.24) is 9.97 Å². The zero-order chi connectivity index (χ0) is 29.8. The third-order valence-corrected chi connectivity index (χ3v) is 8.10. The van der Waals surface area contributed by atoms with E-state index in [4.69, 9.17) is 18.8 Å². The van der Waals surface area contributed by atoms with Crippen LogP contribution < -0.4 is 29.4 Å². The van der Waals surface area contributed by atoms with Crippen molar-refractivity contribution in [3.63, 3.8) is 0 Å². The molecule has 1 radical (unpaired) electrons. The minimum atomic E-state index is -0.287. The van der Waals surface area contributed by atoms with Gasteiger partial charge in [0.1, 0.15) is 23.0 Å². The lowest BCUT2D eigenvalue weighted by atomic mass is 10.2. The van der Waals surface area contributed by atoms with Gasteiger partial charge in [0.2, 0.25) is 0 Å². The van der Waals surface area contributed by atoms with Crippen molar-refractivity contribution >= 4 is 72.9 Å². The summed E-state index contributed by atoms with van der Waals surface area (Å²) in [5, 5.41) is 6.64. The number of thiazole rings is 2. The maximum Gasteiger partial charge on any atom is 0.658 e. The zero-order valence-electron chi connectivity index (χ0n) is 22.8. The molecule has 0 saturated heterocycles. The molecule has 0 spiro atoms. The quantitative estimate of drug-likeness (QED) is 0.171. The van der Waals surface area contributed by atoms with Gasteiger partial charge in [0.15, 0.2) is 10.3 Å². The van der Waals surface area contributed by atoms with Gasteiger partial charge in [-0.2, -0.15) is 0 Å². The molecule has 43 heavy (non-hydrogen) atoms. The number of hydrogen-bond donors (Lipinski definition) is 2. The van der Waals surface area contributed by atoms with Crippen LogP contribution in [0.5, 0.6) is 23.0 Å². The molecule has 0 atom stereocenters. The van der Waals surface area contributed by atoms with Crippen molar-refractivity contribution in [1.29, 1.82) is 0 Å². The van der Waals surface area contributed by atoms with E-state index < -0.39 is 0 Å². The molecule has 0 unspecified atom stereocenters. The standard InChI is InChI=1S/C30H22BN4O6S2/c1-38-21-11-13-23-25(15-21)42-29(32-23)34-27(36)17-3-7-19(8-4-17)40-31-41-20-9-5-18(6-10-20)28(37)35-30-33-24-14-12-22(39-2)16-26(24)43-30/h3-16H,1-2H3,(H,32,34,36)(H,33,35,37). The van der Waals surface area contributed by atoms with E-state index in [1.54, 1.807) is 62.8 Å². The SMILES string of the molecule is COc1ccc2nc(NC(=O)c3ccc(O[B]Oc4ccc(C(=O)Nc5nc6ccc(OC)cc6s5)cc4)cc3)sc2c1. The van der Waals surface area contributed by atoms with E-state index in [2.05, 4.69) is 20.6 Å². The average molecular weight is 609 g/mol. The Bertz CT molecular complexity index is 1790. The van der Waals surface area contributed by atoms with E-state index in [0.29, 0.717) is 32.9 Å². The number of anilines is 2. The van der Waals surface area contributed by atoms with Crippen molar-refractivity contribution in [2.45, 2.75) is 0 Å². The van der Waals surface area contributed by atoms with Crippen LogP contribution in [0.4, 0.5) is 10.3 Å². The molecule has 213 valence electrons. The van der Waals surface area contributed by atoms with Crippen LogP contribution in [0.3, 0.4) is 0 Å². The van der Waals surface area contributed by atoms with Crippen LogP contribution in [0.2, 0.25) is 0 Å². The van der Waals surface area contributed by atoms with E-state index in [9.17, 15) is 9.59 Å². The van der Waals surface area contributed by atoms with Crippen LogP contribution in [-0.4, -0.2) is 43.7 Å². The first-order valence-corrected chi connectivity index (χ1v) is 14.5. The molecule has 2 heterocycles. The van der Waals surface area contributed by atoms with Gasteiger partial charge in [0.25, 0.3) is 11.8 Å². The number of carbonyl (C=O) groups excluding carboxylic acids is 2. The molecule has 0 aliphatic carbocycles. The average Bonchev–Trinajstić information content (AvgIpc) is 3.63. The molecule has 2 aromatic heterocycles. The van der Waals surface area contributed by atoms with Gasteiger partial charge in [-0.25, -0.2) is 9.97 Å². The molecule has 0 bridgehead atoms. The fourth-order valence-corrected chi connectivity index (χ4v) is 5.79. The van der Waals surface area contributed by atoms with Crippen molar-refractivity contribution in [2.24, 2.45) is 0 Å². The van der Waals surface area contributed by atoms with Crippen LogP contribution in [0.25, 0.3) is 20.4 Å². The van der Waals surface area contributed by atoms with Crippen LogP contribution in [0.1, 0.15) is 20.7 Å². The third kappa shape index (κ3) is 6.53. The Labute approximate surface area is 254 Å². The van der Waals surface area contributed by atoms with E-state index in [-0.39, 0.29) is 11.8 Å². The van der Waals surface area contributed by atoms with Crippen LogP contribution >= 0.6 is 22.7 Å². The molecule has 13 heteroatoms. The molecule has 2 N–H and O–H groups in total. The maximum absolute atomic E-state index is 12.7. The molecule has 0 fully saturated rings. The molecule has 0 aliphatic heterocycles. The highest BCUT2D eigenvalue weighted by molar-refractivity contribution is 7.22. The molecular weight excluding hydrogens is 587 g/mol. The number of nitrogens with zero attached hydrogens (tertiary/aromatic N) is 2. The highest BCUT2D eigenvalue weighted by atomic mass is 32.1. The number of nitrogens with one attached hydrogen (secondary N) is 2. The molecule has 6 rings (SSSR count). The number of benzene rings is 4. The fraction of sp³-hybridized carbons (Fsp3) is 0.0667. The number of carbonyl (C=O) groups is 2. The molecule has 0 aliphatic rings. The molecule has 4 aromatic carbocycles. The van der Waals surface area contributed by atoms with E-state index >= 15 is 0 Å². The first kappa shape index (κ1) is 28.0. The maximum atomic E-state index is 12.7. The minimum Gasteiger partial charge on any atom is -0.526 e. The van der Waals surface area contributed by atoms with E-state index in [1.165, 1.54) is 30.4 Å². The van der Waals surface area contributed by atoms with Gasteiger partial charge in [0.05, 0.1) is 34.7 Å². The highest BCUT2D eigenvalue weighted by Crippen LogP contribution is 2.31. The Morgan fingerprint density at radius 3 is 1.40 bits per heavy atom. The minimum absolute atomic E-state index is 0.287. The van der Waals surface area contributed by atoms with Gasteiger partial charge in [-0.15, -0.1) is 0 Å². The second-order valence-electron chi connectivity index (χ2n) is 8.99. The fourth-order valence-electron chi connectivity index (χ4n) is 4.01. The van der Waals surface area contributed by atoms with Crippen LogP contribution in [-0.2, 0) is 0 Å². The first-order chi connectivity index (χ1) is 21.0. The summed E-state index contributed by atoms with van der Waals surface area (Å²) in [5.74, 6) is 1.85. The summed E-state index contributed by atoms with van der Waals surface area (Å²) in [5.41, 5.74) is 2.46. The van der Waals surface area contributed by atoms with Gasteiger partial charge in [-0.05, 0) is 84.9 Å². The summed E-state index contributed by atoms with van der Waals surface area (Å²) in [6.07, 6.45) is 0. The summed E-state index contributed by atoms with van der Waals surface area (Å²) >= 11 is 2.74.